The third-order valence-electron chi connectivity index (χ3n) is 3.16. The van der Waals surface area contributed by atoms with Gasteiger partial charge in [0.25, 0.3) is 5.91 Å². The van der Waals surface area contributed by atoms with Gasteiger partial charge in [0.15, 0.2) is 0 Å². The molecule has 7 nitrogen and oxygen atoms in total. The molecule has 2 rings (SSSR count). The van der Waals surface area contributed by atoms with Crippen LogP contribution in [0.1, 0.15) is 28.7 Å². The van der Waals surface area contributed by atoms with Crippen LogP contribution in [0.5, 0.6) is 0 Å². The Morgan fingerprint density at radius 3 is 2.52 bits per heavy atom. The molecule has 7 heteroatoms. The molecule has 0 saturated heterocycles. The Morgan fingerprint density at radius 1 is 1.26 bits per heavy atom. The van der Waals surface area contributed by atoms with Gasteiger partial charge in [0.2, 0.25) is 0 Å². The average Bonchev–Trinajstić information content (AvgIpc) is 2.93. The SMILES string of the molecule is CCNC(=O)c1ccc(NC(=O)N(C)Cc2cc(C)on2)cc1. The molecule has 2 aromatic rings. The smallest absolute Gasteiger partial charge is 0.321 e. The molecule has 0 spiro atoms. The molecule has 1 aromatic carbocycles. The highest BCUT2D eigenvalue weighted by Crippen LogP contribution is 2.11. The van der Waals surface area contributed by atoms with E-state index in [0.29, 0.717) is 35.8 Å². The fourth-order valence-corrected chi connectivity index (χ4v) is 1.99. The van der Waals surface area contributed by atoms with Gasteiger partial charge in [-0.3, -0.25) is 4.79 Å². The normalized spacial score (nSPS) is 10.2. The van der Waals surface area contributed by atoms with Gasteiger partial charge in [0.05, 0.1) is 6.54 Å². The number of aromatic nitrogens is 1. The molecule has 0 saturated carbocycles. The van der Waals surface area contributed by atoms with Gasteiger partial charge in [-0.25, -0.2) is 4.79 Å². The second-order valence-electron chi connectivity index (χ2n) is 5.15. The van der Waals surface area contributed by atoms with Gasteiger partial charge in [0.1, 0.15) is 11.5 Å². The molecule has 3 amide bonds. The Bertz CT molecular complexity index is 679. The second kappa shape index (κ2) is 7.44. The van der Waals surface area contributed by atoms with Crippen molar-refractivity contribution < 1.29 is 14.1 Å². The first-order valence-corrected chi connectivity index (χ1v) is 7.32. The fourth-order valence-electron chi connectivity index (χ4n) is 1.99. The molecule has 0 fully saturated rings. The van der Waals surface area contributed by atoms with E-state index >= 15 is 0 Å². The Balaban J connectivity index is 1.92. The zero-order chi connectivity index (χ0) is 16.8. The highest BCUT2D eigenvalue weighted by molar-refractivity contribution is 5.95. The largest absolute Gasteiger partial charge is 0.361 e. The highest BCUT2D eigenvalue weighted by Gasteiger charge is 2.12. The minimum Gasteiger partial charge on any atom is -0.361 e. The van der Waals surface area contributed by atoms with E-state index < -0.39 is 0 Å². The molecule has 0 aliphatic heterocycles. The standard InChI is InChI=1S/C16H20N4O3/c1-4-17-15(21)12-5-7-13(8-6-12)18-16(22)20(3)10-14-9-11(2)23-19-14/h5-9H,4,10H2,1-3H3,(H,17,21)(H,18,22). The maximum absolute atomic E-state index is 12.1. The summed E-state index contributed by atoms with van der Waals surface area (Å²) in [5.41, 5.74) is 1.86. The summed E-state index contributed by atoms with van der Waals surface area (Å²) >= 11 is 0. The van der Waals surface area contributed by atoms with Gasteiger partial charge in [-0.2, -0.15) is 0 Å². The minimum absolute atomic E-state index is 0.135. The lowest BCUT2D eigenvalue weighted by atomic mass is 10.2. The third-order valence-corrected chi connectivity index (χ3v) is 3.16. The first-order chi connectivity index (χ1) is 11.0. The van der Waals surface area contributed by atoms with E-state index in [1.165, 1.54) is 4.90 Å². The number of rotatable bonds is 5. The quantitative estimate of drug-likeness (QED) is 0.886. The Morgan fingerprint density at radius 2 is 1.96 bits per heavy atom. The molecule has 0 bridgehead atoms. The fraction of sp³-hybridized carbons (Fsp3) is 0.312. The van der Waals surface area contributed by atoms with Crippen LogP contribution in [0.15, 0.2) is 34.9 Å². The number of urea groups is 1. The summed E-state index contributed by atoms with van der Waals surface area (Å²) in [6, 6.07) is 8.23. The lowest BCUT2D eigenvalue weighted by Crippen LogP contribution is -2.31. The van der Waals surface area contributed by atoms with E-state index in [1.807, 2.05) is 6.92 Å². The van der Waals surface area contributed by atoms with E-state index in [-0.39, 0.29) is 11.9 Å². The van der Waals surface area contributed by atoms with Crippen LogP contribution in [-0.2, 0) is 6.54 Å². The van der Waals surface area contributed by atoms with Crippen molar-refractivity contribution in [1.82, 2.24) is 15.4 Å². The molecule has 1 heterocycles. The van der Waals surface area contributed by atoms with Gasteiger partial charge >= 0.3 is 6.03 Å². The summed E-state index contributed by atoms with van der Waals surface area (Å²) in [6.07, 6.45) is 0. The third kappa shape index (κ3) is 4.57. The van der Waals surface area contributed by atoms with Crippen molar-refractivity contribution in [1.29, 1.82) is 0 Å². The molecule has 122 valence electrons. The molecule has 0 radical (unpaired) electrons. The van der Waals surface area contributed by atoms with E-state index in [1.54, 1.807) is 44.3 Å². The molecule has 0 unspecified atom stereocenters. The predicted molar refractivity (Wildman–Crippen MR) is 86.2 cm³/mol. The van der Waals surface area contributed by atoms with E-state index in [4.69, 9.17) is 4.52 Å². The van der Waals surface area contributed by atoms with Crippen LogP contribution < -0.4 is 10.6 Å². The summed E-state index contributed by atoms with van der Waals surface area (Å²) in [5.74, 6) is 0.568. The first-order valence-electron chi connectivity index (χ1n) is 7.32. The lowest BCUT2D eigenvalue weighted by Gasteiger charge is -2.16. The molecule has 23 heavy (non-hydrogen) atoms. The maximum atomic E-state index is 12.1. The van der Waals surface area contributed by atoms with Crippen LogP contribution in [0.25, 0.3) is 0 Å². The summed E-state index contributed by atoms with van der Waals surface area (Å²) in [6.45, 7) is 4.58. The Labute approximate surface area is 134 Å². The average molecular weight is 316 g/mol. The molecular weight excluding hydrogens is 296 g/mol. The van der Waals surface area contributed by atoms with Crippen molar-refractivity contribution in [3.63, 3.8) is 0 Å². The van der Waals surface area contributed by atoms with Crippen LogP contribution in [0.2, 0.25) is 0 Å². The van der Waals surface area contributed by atoms with E-state index in [2.05, 4.69) is 15.8 Å². The maximum Gasteiger partial charge on any atom is 0.321 e. The van der Waals surface area contributed by atoms with Crippen molar-refractivity contribution in [3.8, 4) is 0 Å². The van der Waals surface area contributed by atoms with Gasteiger partial charge in [0, 0.05) is 30.9 Å². The number of hydrogen-bond donors (Lipinski definition) is 2. The van der Waals surface area contributed by atoms with Crippen LogP contribution in [0.4, 0.5) is 10.5 Å². The zero-order valence-corrected chi connectivity index (χ0v) is 13.4. The molecule has 0 atom stereocenters. The van der Waals surface area contributed by atoms with Gasteiger partial charge < -0.3 is 20.1 Å². The lowest BCUT2D eigenvalue weighted by molar-refractivity contribution is 0.0956. The summed E-state index contributed by atoms with van der Waals surface area (Å²) in [7, 11) is 1.67. The molecule has 2 N–H and O–H groups in total. The van der Waals surface area contributed by atoms with E-state index in [9.17, 15) is 9.59 Å². The monoisotopic (exact) mass is 316 g/mol. The molecular formula is C16H20N4O3. The Kier molecular flexibility index (Phi) is 5.35. The van der Waals surface area contributed by atoms with Gasteiger partial charge in [-0.15, -0.1) is 0 Å². The molecule has 0 aliphatic carbocycles. The number of carbonyl (C=O) groups excluding carboxylic acids is 2. The van der Waals surface area contributed by atoms with Gasteiger partial charge in [-0.05, 0) is 38.1 Å². The number of benzene rings is 1. The number of nitrogens with one attached hydrogen (secondary N) is 2. The number of anilines is 1. The van der Waals surface area contributed by atoms with Crippen molar-refractivity contribution in [2.45, 2.75) is 20.4 Å². The minimum atomic E-state index is -0.267. The summed E-state index contributed by atoms with van der Waals surface area (Å²) in [5, 5.41) is 9.34. The number of hydrogen-bond acceptors (Lipinski definition) is 4. The highest BCUT2D eigenvalue weighted by atomic mass is 16.5. The zero-order valence-electron chi connectivity index (χ0n) is 13.4. The van der Waals surface area contributed by atoms with Crippen molar-refractivity contribution >= 4 is 17.6 Å². The first kappa shape index (κ1) is 16.5. The number of amides is 3. The van der Waals surface area contributed by atoms with Gasteiger partial charge in [-0.1, -0.05) is 5.16 Å². The predicted octanol–water partition coefficient (Wildman–Crippen LogP) is 2.40. The van der Waals surface area contributed by atoms with Crippen LogP contribution in [0.3, 0.4) is 0 Å². The molecule has 0 aliphatic rings. The number of carbonyl (C=O) groups is 2. The summed E-state index contributed by atoms with van der Waals surface area (Å²) < 4.78 is 4.97. The van der Waals surface area contributed by atoms with Crippen LogP contribution >= 0.6 is 0 Å². The van der Waals surface area contributed by atoms with E-state index in [0.717, 1.165) is 0 Å². The topological polar surface area (TPSA) is 87.5 Å². The Hall–Kier alpha value is -2.83. The summed E-state index contributed by atoms with van der Waals surface area (Å²) in [4.78, 5) is 25.3. The molecule has 1 aromatic heterocycles. The second-order valence-corrected chi connectivity index (χ2v) is 5.15. The van der Waals surface area contributed by atoms with Crippen molar-refractivity contribution in [2.24, 2.45) is 0 Å². The van der Waals surface area contributed by atoms with Crippen LogP contribution in [-0.4, -0.2) is 35.6 Å². The number of aryl methyl sites for hydroxylation is 1. The number of nitrogens with zero attached hydrogens (tertiary/aromatic N) is 2. The van der Waals surface area contributed by atoms with Crippen molar-refractivity contribution in [2.75, 3.05) is 18.9 Å². The van der Waals surface area contributed by atoms with Crippen LogP contribution in [0, 0.1) is 6.92 Å². The van der Waals surface area contributed by atoms with Crippen molar-refractivity contribution in [3.05, 3.63) is 47.3 Å².